The molecule has 104 valence electrons. The Kier molecular flexibility index (Phi) is 4.09. The quantitative estimate of drug-likeness (QED) is 0.813. The van der Waals surface area contributed by atoms with Crippen molar-refractivity contribution in [3.8, 4) is 0 Å². The molecule has 0 N–H and O–H groups in total. The topological polar surface area (TPSA) is 23.6 Å². The third-order valence-electron chi connectivity index (χ3n) is 3.29. The predicted molar refractivity (Wildman–Crippen MR) is 64.1 cm³/mol. The van der Waals surface area contributed by atoms with Gasteiger partial charge < -0.3 is 9.80 Å². The summed E-state index contributed by atoms with van der Waals surface area (Å²) >= 11 is 0. The fraction of sp³-hybridized carbons (Fsp3) is 0.462. The maximum atomic E-state index is 13.4. The van der Waals surface area contributed by atoms with Gasteiger partial charge in [-0.15, -0.1) is 0 Å². The summed E-state index contributed by atoms with van der Waals surface area (Å²) in [4.78, 5) is 15.6. The van der Waals surface area contributed by atoms with Crippen LogP contribution in [0, 0.1) is 17.5 Å². The zero-order chi connectivity index (χ0) is 14.0. The molecule has 1 fully saturated rings. The Morgan fingerprint density at radius 3 is 2.16 bits per heavy atom. The van der Waals surface area contributed by atoms with Crippen molar-refractivity contribution < 1.29 is 18.0 Å². The smallest absolute Gasteiger partial charge is 0.227 e. The Morgan fingerprint density at radius 1 is 1.11 bits per heavy atom. The van der Waals surface area contributed by atoms with Crippen molar-refractivity contribution >= 4 is 5.91 Å². The minimum atomic E-state index is -1.01. The molecule has 1 aromatic carbocycles. The highest BCUT2D eigenvalue weighted by atomic mass is 19.1. The van der Waals surface area contributed by atoms with Crippen molar-refractivity contribution in [3.05, 3.63) is 35.1 Å². The summed E-state index contributed by atoms with van der Waals surface area (Å²) in [6.07, 6.45) is -0.373. The van der Waals surface area contributed by atoms with E-state index < -0.39 is 17.5 Å². The normalized spacial score (nSPS) is 16.7. The number of piperazine rings is 1. The first-order valence-corrected chi connectivity index (χ1v) is 6.07. The van der Waals surface area contributed by atoms with Crippen LogP contribution in [-0.2, 0) is 11.2 Å². The zero-order valence-corrected chi connectivity index (χ0v) is 10.6. The van der Waals surface area contributed by atoms with Crippen LogP contribution < -0.4 is 0 Å². The Hall–Kier alpha value is -1.56. The standard InChI is InChI=1S/C13H15F3N2O/c1-17-2-4-18(5-3-17)13(19)8-10-11(15)6-9(14)7-12(10)16/h6-7H,2-5,8H2,1H3. The van der Waals surface area contributed by atoms with Crippen molar-refractivity contribution in [1.82, 2.24) is 9.80 Å². The van der Waals surface area contributed by atoms with E-state index in [0.29, 0.717) is 25.2 Å². The van der Waals surface area contributed by atoms with Crippen LogP contribution in [0.15, 0.2) is 12.1 Å². The first-order chi connectivity index (χ1) is 8.97. The van der Waals surface area contributed by atoms with Gasteiger partial charge in [0.25, 0.3) is 0 Å². The monoisotopic (exact) mass is 272 g/mol. The van der Waals surface area contributed by atoms with Gasteiger partial charge in [0.05, 0.1) is 6.42 Å². The molecule has 0 atom stereocenters. The second-order valence-corrected chi connectivity index (χ2v) is 4.71. The minimum absolute atomic E-state index is 0.336. The van der Waals surface area contributed by atoms with E-state index in [1.807, 2.05) is 7.05 Å². The molecule has 3 nitrogen and oxygen atoms in total. The summed E-state index contributed by atoms with van der Waals surface area (Å²) in [6, 6.07) is 1.19. The van der Waals surface area contributed by atoms with Crippen molar-refractivity contribution in [3.63, 3.8) is 0 Å². The van der Waals surface area contributed by atoms with Crippen molar-refractivity contribution in [2.24, 2.45) is 0 Å². The molecule has 1 amide bonds. The molecule has 1 saturated heterocycles. The highest BCUT2D eigenvalue weighted by molar-refractivity contribution is 5.79. The minimum Gasteiger partial charge on any atom is -0.340 e. The number of carbonyl (C=O) groups is 1. The Balaban J connectivity index is 2.07. The molecule has 1 aromatic rings. The van der Waals surface area contributed by atoms with Gasteiger partial charge in [0, 0.05) is 43.9 Å². The molecular weight excluding hydrogens is 257 g/mol. The van der Waals surface area contributed by atoms with Crippen LogP contribution in [0.5, 0.6) is 0 Å². The Bertz CT molecular complexity index is 462. The Labute approximate surface area is 109 Å². The summed E-state index contributed by atoms with van der Waals surface area (Å²) in [7, 11) is 1.95. The lowest BCUT2D eigenvalue weighted by molar-refractivity contribution is -0.132. The molecule has 0 spiro atoms. The number of hydrogen-bond donors (Lipinski definition) is 0. The van der Waals surface area contributed by atoms with E-state index in [1.54, 1.807) is 4.90 Å². The van der Waals surface area contributed by atoms with Gasteiger partial charge in [-0.05, 0) is 7.05 Å². The molecule has 0 unspecified atom stereocenters. The lowest BCUT2D eigenvalue weighted by Crippen LogP contribution is -2.47. The van der Waals surface area contributed by atoms with Gasteiger partial charge in [-0.1, -0.05) is 0 Å². The van der Waals surface area contributed by atoms with Gasteiger partial charge in [0.2, 0.25) is 5.91 Å². The van der Waals surface area contributed by atoms with Crippen LogP contribution >= 0.6 is 0 Å². The van der Waals surface area contributed by atoms with Crippen molar-refractivity contribution in [2.75, 3.05) is 33.2 Å². The lowest BCUT2D eigenvalue weighted by Gasteiger charge is -2.32. The van der Waals surface area contributed by atoms with Crippen LogP contribution in [-0.4, -0.2) is 48.9 Å². The fourth-order valence-corrected chi connectivity index (χ4v) is 2.06. The highest BCUT2D eigenvalue weighted by Crippen LogP contribution is 2.16. The molecule has 1 aliphatic heterocycles. The van der Waals surface area contributed by atoms with E-state index in [4.69, 9.17) is 0 Å². The van der Waals surface area contributed by atoms with Crippen molar-refractivity contribution in [1.29, 1.82) is 0 Å². The van der Waals surface area contributed by atoms with Crippen LogP contribution in [0.1, 0.15) is 5.56 Å². The zero-order valence-electron chi connectivity index (χ0n) is 10.6. The molecular formula is C13H15F3N2O. The summed E-state index contributed by atoms with van der Waals surface area (Å²) in [6.45, 7) is 2.56. The second-order valence-electron chi connectivity index (χ2n) is 4.71. The van der Waals surface area contributed by atoms with Crippen LogP contribution in [0.2, 0.25) is 0 Å². The Morgan fingerprint density at radius 2 is 1.63 bits per heavy atom. The first kappa shape index (κ1) is 13.9. The molecule has 6 heteroatoms. The molecule has 0 radical (unpaired) electrons. The molecule has 2 rings (SSSR count). The molecule has 0 bridgehead atoms. The number of nitrogens with zero attached hydrogens (tertiary/aromatic N) is 2. The number of carbonyl (C=O) groups excluding carboxylic acids is 1. The van der Waals surface area contributed by atoms with Crippen LogP contribution in [0.25, 0.3) is 0 Å². The van der Waals surface area contributed by atoms with Crippen LogP contribution in [0.4, 0.5) is 13.2 Å². The molecule has 19 heavy (non-hydrogen) atoms. The number of rotatable bonds is 2. The first-order valence-electron chi connectivity index (χ1n) is 6.07. The van der Waals surface area contributed by atoms with E-state index in [9.17, 15) is 18.0 Å². The highest BCUT2D eigenvalue weighted by Gasteiger charge is 2.22. The molecule has 0 aromatic heterocycles. The summed E-state index contributed by atoms with van der Waals surface area (Å²) in [5, 5.41) is 0. The van der Waals surface area contributed by atoms with Gasteiger partial charge in [0.1, 0.15) is 17.5 Å². The van der Waals surface area contributed by atoms with E-state index in [2.05, 4.69) is 4.90 Å². The maximum absolute atomic E-state index is 13.4. The van der Waals surface area contributed by atoms with Gasteiger partial charge in [-0.25, -0.2) is 13.2 Å². The number of likely N-dealkylation sites (N-methyl/N-ethyl adjacent to an activating group) is 1. The SMILES string of the molecule is CN1CCN(C(=O)Cc2c(F)cc(F)cc2F)CC1. The third kappa shape index (κ3) is 3.26. The molecule has 1 aliphatic rings. The van der Waals surface area contributed by atoms with Gasteiger partial charge in [-0.3, -0.25) is 4.79 Å². The van der Waals surface area contributed by atoms with Gasteiger partial charge in [0.15, 0.2) is 0 Å². The summed E-state index contributed by atoms with van der Waals surface area (Å²) < 4.78 is 39.6. The average molecular weight is 272 g/mol. The summed E-state index contributed by atoms with van der Waals surface area (Å²) in [5.41, 5.74) is -0.370. The average Bonchev–Trinajstić information content (AvgIpc) is 2.34. The largest absolute Gasteiger partial charge is 0.340 e. The van der Waals surface area contributed by atoms with E-state index in [-0.39, 0.29) is 17.9 Å². The fourth-order valence-electron chi connectivity index (χ4n) is 2.06. The van der Waals surface area contributed by atoms with E-state index >= 15 is 0 Å². The second kappa shape index (κ2) is 5.61. The number of benzene rings is 1. The van der Waals surface area contributed by atoms with E-state index in [1.165, 1.54) is 0 Å². The molecule has 0 aliphatic carbocycles. The molecule has 1 heterocycles. The molecule has 0 saturated carbocycles. The number of amides is 1. The van der Waals surface area contributed by atoms with E-state index in [0.717, 1.165) is 13.1 Å². The summed E-state index contributed by atoms with van der Waals surface area (Å²) in [5.74, 6) is -3.34. The number of halogens is 3. The van der Waals surface area contributed by atoms with Crippen molar-refractivity contribution in [2.45, 2.75) is 6.42 Å². The van der Waals surface area contributed by atoms with Gasteiger partial charge in [-0.2, -0.15) is 0 Å². The lowest BCUT2D eigenvalue weighted by atomic mass is 10.1. The maximum Gasteiger partial charge on any atom is 0.227 e. The predicted octanol–water partition coefficient (Wildman–Crippen LogP) is 1.42. The van der Waals surface area contributed by atoms with Gasteiger partial charge >= 0.3 is 0 Å². The third-order valence-corrected chi connectivity index (χ3v) is 3.29. The van der Waals surface area contributed by atoms with Crippen LogP contribution in [0.3, 0.4) is 0 Å². The number of hydrogen-bond acceptors (Lipinski definition) is 2.